The van der Waals surface area contributed by atoms with Gasteiger partial charge in [0.25, 0.3) is 0 Å². The summed E-state index contributed by atoms with van der Waals surface area (Å²) in [6.45, 7) is 0. The van der Waals surface area contributed by atoms with E-state index in [1.54, 1.807) is 28.4 Å². The van der Waals surface area contributed by atoms with Crippen LogP contribution in [0.25, 0.3) is 53.9 Å². The number of benzene rings is 6. The van der Waals surface area contributed by atoms with Crippen LogP contribution in [0.2, 0.25) is 0 Å². The largest absolute Gasteiger partial charge is 0.493 e. The molecular weight excluding hydrogens is 400 g/mol. The molecule has 0 heterocycles. The summed E-state index contributed by atoms with van der Waals surface area (Å²) >= 11 is 0. The van der Waals surface area contributed by atoms with E-state index in [0.29, 0.717) is 0 Å². The van der Waals surface area contributed by atoms with E-state index in [4.69, 9.17) is 18.9 Å². The van der Waals surface area contributed by atoms with E-state index in [1.165, 1.54) is 32.3 Å². The highest BCUT2D eigenvalue weighted by Gasteiger charge is 2.18. The van der Waals surface area contributed by atoms with Gasteiger partial charge in [-0.25, -0.2) is 0 Å². The van der Waals surface area contributed by atoms with Gasteiger partial charge in [-0.15, -0.1) is 0 Å². The highest BCUT2D eigenvalue weighted by molar-refractivity contribution is 6.33. The normalized spacial score (nSPS) is 11.8. The van der Waals surface area contributed by atoms with Crippen LogP contribution in [-0.4, -0.2) is 28.4 Å². The Bertz CT molecular complexity index is 1540. The molecule has 6 aromatic rings. The van der Waals surface area contributed by atoms with Gasteiger partial charge < -0.3 is 18.9 Å². The lowest BCUT2D eigenvalue weighted by Gasteiger charge is -2.18. The molecular formula is C28H22O4. The molecule has 6 rings (SSSR count). The first-order valence-corrected chi connectivity index (χ1v) is 10.5. The minimum atomic E-state index is 0.736. The minimum absolute atomic E-state index is 0.736. The number of ether oxygens (including phenoxy) is 4. The Kier molecular flexibility index (Phi) is 3.99. The monoisotopic (exact) mass is 422 g/mol. The van der Waals surface area contributed by atoms with Crippen molar-refractivity contribution in [3.8, 4) is 23.0 Å². The Labute approximate surface area is 185 Å². The molecule has 4 nitrogen and oxygen atoms in total. The second-order valence-corrected chi connectivity index (χ2v) is 7.97. The summed E-state index contributed by atoms with van der Waals surface area (Å²) < 4.78 is 22.5. The Balaban J connectivity index is 1.82. The molecule has 158 valence electrons. The second-order valence-electron chi connectivity index (χ2n) is 7.97. The van der Waals surface area contributed by atoms with E-state index in [2.05, 4.69) is 48.5 Å². The van der Waals surface area contributed by atoms with Crippen molar-refractivity contribution < 1.29 is 18.9 Å². The molecule has 0 spiro atoms. The van der Waals surface area contributed by atoms with Crippen molar-refractivity contribution in [3.05, 3.63) is 60.7 Å². The Morgan fingerprint density at radius 3 is 1.19 bits per heavy atom. The zero-order valence-electron chi connectivity index (χ0n) is 18.4. The molecule has 0 fully saturated rings. The smallest absolute Gasteiger partial charge is 0.168 e. The summed E-state index contributed by atoms with van der Waals surface area (Å²) in [7, 11) is 6.72. The van der Waals surface area contributed by atoms with E-state index in [-0.39, 0.29) is 0 Å². The fourth-order valence-electron chi connectivity index (χ4n) is 5.21. The van der Waals surface area contributed by atoms with Crippen LogP contribution in [0, 0.1) is 0 Å². The van der Waals surface area contributed by atoms with Crippen molar-refractivity contribution in [2.24, 2.45) is 0 Å². The molecule has 0 aliphatic rings. The lowest BCUT2D eigenvalue weighted by atomic mass is 9.88. The van der Waals surface area contributed by atoms with Crippen LogP contribution in [0.5, 0.6) is 23.0 Å². The molecule has 6 aromatic carbocycles. The zero-order valence-corrected chi connectivity index (χ0v) is 18.4. The van der Waals surface area contributed by atoms with Crippen molar-refractivity contribution in [2.45, 2.75) is 0 Å². The highest BCUT2D eigenvalue weighted by Crippen LogP contribution is 2.47. The van der Waals surface area contributed by atoms with E-state index in [0.717, 1.165) is 44.5 Å². The van der Waals surface area contributed by atoms with Gasteiger partial charge in [0.2, 0.25) is 0 Å². The summed E-state index contributed by atoms with van der Waals surface area (Å²) in [5, 5.41) is 11.7. The van der Waals surface area contributed by atoms with Gasteiger partial charge in [-0.3, -0.25) is 0 Å². The number of hydrogen-bond acceptors (Lipinski definition) is 4. The second kappa shape index (κ2) is 6.79. The summed E-state index contributed by atoms with van der Waals surface area (Å²) in [6.07, 6.45) is 0. The standard InChI is InChI=1S/C28H22O4/c1-29-23-11-9-17-19-7-8-20-18-10-12-24(30-2)28(32-4)22(18)14-16-6-5-15(25(19)26(16)20)13-21(17)27(23)31-3/h5-14H,1-4H3. The Morgan fingerprint density at radius 1 is 0.406 bits per heavy atom. The molecule has 0 unspecified atom stereocenters. The van der Waals surface area contributed by atoms with Crippen molar-refractivity contribution in [3.63, 3.8) is 0 Å². The molecule has 4 heteroatoms. The number of methoxy groups -OCH3 is 4. The van der Waals surface area contributed by atoms with Crippen LogP contribution in [0.3, 0.4) is 0 Å². The number of rotatable bonds is 4. The molecule has 0 bridgehead atoms. The summed E-state index contributed by atoms with van der Waals surface area (Å²) in [5.74, 6) is 3.00. The van der Waals surface area contributed by atoms with Crippen molar-refractivity contribution in [2.75, 3.05) is 28.4 Å². The van der Waals surface area contributed by atoms with E-state index >= 15 is 0 Å². The number of hydrogen-bond donors (Lipinski definition) is 0. The summed E-state index contributed by atoms with van der Waals surface area (Å²) in [6, 6.07) is 21.4. The molecule has 0 aliphatic heterocycles. The van der Waals surface area contributed by atoms with Crippen LogP contribution in [0.15, 0.2) is 60.7 Å². The lowest BCUT2D eigenvalue weighted by molar-refractivity contribution is 0.358. The summed E-state index contributed by atoms with van der Waals surface area (Å²) in [4.78, 5) is 0. The minimum Gasteiger partial charge on any atom is -0.493 e. The molecule has 0 N–H and O–H groups in total. The van der Waals surface area contributed by atoms with Crippen LogP contribution in [0.1, 0.15) is 0 Å². The summed E-state index contributed by atoms with van der Waals surface area (Å²) in [5.41, 5.74) is 0. The Morgan fingerprint density at radius 2 is 0.812 bits per heavy atom. The average Bonchev–Trinajstić information content (AvgIpc) is 2.84. The molecule has 0 aromatic heterocycles. The van der Waals surface area contributed by atoms with E-state index < -0.39 is 0 Å². The third kappa shape index (κ3) is 2.32. The number of fused-ring (bicyclic) bond motifs is 4. The van der Waals surface area contributed by atoms with Gasteiger partial charge in [0.05, 0.1) is 28.4 Å². The van der Waals surface area contributed by atoms with Crippen LogP contribution < -0.4 is 18.9 Å². The van der Waals surface area contributed by atoms with Crippen molar-refractivity contribution >= 4 is 53.9 Å². The predicted octanol–water partition coefficient (Wildman–Crippen LogP) is 6.92. The molecule has 0 radical (unpaired) electrons. The first-order valence-electron chi connectivity index (χ1n) is 10.5. The highest BCUT2D eigenvalue weighted by atomic mass is 16.5. The Hall–Kier alpha value is -3.92. The topological polar surface area (TPSA) is 36.9 Å². The third-order valence-electron chi connectivity index (χ3n) is 6.57. The maximum Gasteiger partial charge on any atom is 0.168 e. The SMILES string of the molecule is COc1ccc2c(cc3ccc4cc5c(OC)c(OC)ccc5c5ccc2c3c45)c1OC. The molecule has 0 aliphatic carbocycles. The molecule has 0 saturated carbocycles. The average molecular weight is 422 g/mol. The van der Waals surface area contributed by atoms with Crippen molar-refractivity contribution in [1.29, 1.82) is 0 Å². The molecule has 32 heavy (non-hydrogen) atoms. The van der Waals surface area contributed by atoms with Crippen LogP contribution in [-0.2, 0) is 0 Å². The molecule has 0 amide bonds. The quantitative estimate of drug-likeness (QED) is 0.228. The fraction of sp³-hybridized carbons (Fsp3) is 0.143. The van der Waals surface area contributed by atoms with Gasteiger partial charge >= 0.3 is 0 Å². The van der Waals surface area contributed by atoms with Gasteiger partial charge in [0.1, 0.15) is 0 Å². The first kappa shape index (κ1) is 18.8. The van der Waals surface area contributed by atoms with Crippen molar-refractivity contribution in [1.82, 2.24) is 0 Å². The molecule has 0 saturated heterocycles. The third-order valence-corrected chi connectivity index (χ3v) is 6.57. The lowest BCUT2D eigenvalue weighted by Crippen LogP contribution is -1.94. The van der Waals surface area contributed by atoms with Crippen LogP contribution in [0.4, 0.5) is 0 Å². The zero-order chi connectivity index (χ0) is 22.0. The van der Waals surface area contributed by atoms with Gasteiger partial charge in [0, 0.05) is 10.8 Å². The van der Waals surface area contributed by atoms with Gasteiger partial charge in [0.15, 0.2) is 23.0 Å². The van der Waals surface area contributed by atoms with Gasteiger partial charge in [-0.05, 0) is 79.5 Å². The first-order chi connectivity index (χ1) is 15.7. The van der Waals surface area contributed by atoms with E-state index in [9.17, 15) is 0 Å². The van der Waals surface area contributed by atoms with Gasteiger partial charge in [-0.1, -0.05) is 24.3 Å². The van der Waals surface area contributed by atoms with Gasteiger partial charge in [-0.2, -0.15) is 0 Å². The predicted molar refractivity (Wildman–Crippen MR) is 131 cm³/mol. The molecule has 0 atom stereocenters. The van der Waals surface area contributed by atoms with Crippen LogP contribution >= 0.6 is 0 Å². The van der Waals surface area contributed by atoms with E-state index in [1.807, 2.05) is 12.1 Å². The fourth-order valence-corrected chi connectivity index (χ4v) is 5.21. The maximum atomic E-state index is 5.73. The maximum absolute atomic E-state index is 5.73.